The minimum Gasteiger partial charge on any atom is -0.383 e. The molecule has 2 aromatic heterocycles. The smallest absolute Gasteiger partial charge is 0.383 e. The zero-order valence-corrected chi connectivity index (χ0v) is 16.8. The maximum Gasteiger partial charge on any atom is 0.416 e. The number of rotatable bonds is 7. The predicted octanol–water partition coefficient (Wildman–Crippen LogP) is 4.53. The van der Waals surface area contributed by atoms with E-state index in [9.17, 15) is 26.7 Å². The summed E-state index contributed by atoms with van der Waals surface area (Å²) in [7, 11) is -3.72. The van der Waals surface area contributed by atoms with Crippen LogP contribution in [0.2, 0.25) is 0 Å². The highest BCUT2D eigenvalue weighted by molar-refractivity contribution is 7.88. The number of sulfonamides is 1. The first-order valence-corrected chi connectivity index (χ1v) is 11.5. The molecule has 1 aromatic carbocycles. The van der Waals surface area contributed by atoms with E-state index >= 15 is 0 Å². The van der Waals surface area contributed by atoms with Crippen molar-refractivity contribution in [1.29, 1.82) is 0 Å². The highest BCUT2D eigenvalue weighted by atomic mass is 32.2. The van der Waals surface area contributed by atoms with Gasteiger partial charge in [0.15, 0.2) is 0 Å². The molecule has 0 bridgehead atoms. The molecule has 0 fully saturated rings. The molecule has 0 aliphatic carbocycles. The second kappa shape index (κ2) is 8.34. The fourth-order valence-corrected chi connectivity index (χ4v) is 5.32. The van der Waals surface area contributed by atoms with Gasteiger partial charge in [-0.3, -0.25) is 0 Å². The van der Waals surface area contributed by atoms with Gasteiger partial charge in [0.05, 0.1) is 11.3 Å². The van der Waals surface area contributed by atoms with Crippen molar-refractivity contribution in [3.8, 4) is 0 Å². The van der Waals surface area contributed by atoms with Crippen LogP contribution in [-0.4, -0.2) is 13.5 Å². The largest absolute Gasteiger partial charge is 0.416 e. The first kappa shape index (κ1) is 21.0. The van der Waals surface area contributed by atoms with Crippen LogP contribution in [0.4, 0.5) is 13.2 Å². The molecule has 0 saturated heterocycles. The van der Waals surface area contributed by atoms with Gasteiger partial charge in [0.1, 0.15) is 6.10 Å². The van der Waals surface area contributed by atoms with E-state index in [1.165, 1.54) is 22.7 Å². The number of halogens is 3. The van der Waals surface area contributed by atoms with Gasteiger partial charge < -0.3 is 5.11 Å². The summed E-state index contributed by atoms with van der Waals surface area (Å²) in [5, 5.41) is 14.0. The van der Waals surface area contributed by atoms with Gasteiger partial charge >= 0.3 is 6.18 Å². The molecule has 1 atom stereocenters. The summed E-state index contributed by atoms with van der Waals surface area (Å²) < 4.78 is 64.6. The van der Waals surface area contributed by atoms with Crippen LogP contribution >= 0.6 is 22.7 Å². The molecular formula is C18H16F3NO3S3. The topological polar surface area (TPSA) is 66.4 Å². The summed E-state index contributed by atoms with van der Waals surface area (Å²) in [5.74, 6) is -0.416. The third-order valence-electron chi connectivity index (χ3n) is 3.92. The van der Waals surface area contributed by atoms with Crippen molar-refractivity contribution in [3.63, 3.8) is 0 Å². The van der Waals surface area contributed by atoms with E-state index in [2.05, 4.69) is 4.72 Å². The SMILES string of the molecule is O=S(=O)(Cc1ccc(C(F)(F)F)cc1)NCc1ccc(C(O)c2ccsc2)s1. The summed E-state index contributed by atoms with van der Waals surface area (Å²) in [4.78, 5) is 1.43. The molecule has 0 spiro atoms. The van der Waals surface area contributed by atoms with Crippen molar-refractivity contribution in [2.45, 2.75) is 24.6 Å². The molecule has 3 aromatic rings. The second-order valence-electron chi connectivity index (χ2n) is 6.04. The Morgan fingerprint density at radius 2 is 1.79 bits per heavy atom. The zero-order chi connectivity index (χ0) is 20.4. The van der Waals surface area contributed by atoms with Gasteiger partial charge in [-0.05, 0) is 52.2 Å². The third kappa shape index (κ3) is 5.42. The molecule has 2 N–H and O–H groups in total. The Kier molecular flexibility index (Phi) is 6.25. The number of benzene rings is 1. The number of nitrogens with one attached hydrogen (secondary N) is 1. The molecular weight excluding hydrogens is 431 g/mol. The van der Waals surface area contributed by atoms with Crippen LogP contribution < -0.4 is 4.72 Å². The van der Waals surface area contributed by atoms with Crippen LogP contribution in [0, 0.1) is 0 Å². The third-order valence-corrected chi connectivity index (χ3v) is 7.05. The van der Waals surface area contributed by atoms with E-state index in [1.54, 1.807) is 12.1 Å². The molecule has 0 amide bonds. The number of hydrogen-bond acceptors (Lipinski definition) is 5. The Bertz CT molecular complexity index is 1010. The van der Waals surface area contributed by atoms with Crippen LogP contribution in [0.25, 0.3) is 0 Å². The summed E-state index contributed by atoms with van der Waals surface area (Å²) in [5.41, 5.74) is 0.221. The maximum atomic E-state index is 12.6. The van der Waals surface area contributed by atoms with Crippen molar-refractivity contribution in [2.75, 3.05) is 0 Å². The molecule has 3 rings (SSSR count). The van der Waals surface area contributed by atoms with Crippen LogP contribution in [0.1, 0.15) is 32.5 Å². The molecule has 0 radical (unpaired) electrons. The first-order valence-electron chi connectivity index (χ1n) is 8.06. The van der Waals surface area contributed by atoms with Crippen LogP contribution in [0.5, 0.6) is 0 Å². The van der Waals surface area contributed by atoms with E-state index in [1.807, 2.05) is 16.8 Å². The molecule has 1 unspecified atom stereocenters. The highest BCUT2D eigenvalue weighted by Gasteiger charge is 2.30. The fraction of sp³-hybridized carbons (Fsp3) is 0.222. The van der Waals surface area contributed by atoms with Crippen LogP contribution in [-0.2, 0) is 28.5 Å². The van der Waals surface area contributed by atoms with E-state index < -0.39 is 33.6 Å². The Morgan fingerprint density at radius 3 is 2.39 bits per heavy atom. The lowest BCUT2D eigenvalue weighted by atomic mass is 10.1. The van der Waals surface area contributed by atoms with Crippen molar-refractivity contribution in [3.05, 3.63) is 79.7 Å². The van der Waals surface area contributed by atoms with Crippen molar-refractivity contribution < 1.29 is 26.7 Å². The standard InChI is InChI=1S/C18H16F3NO3S3/c19-18(20,21)14-3-1-12(2-4-14)11-28(24,25)22-9-15-5-6-16(27-15)17(23)13-7-8-26-10-13/h1-8,10,17,22-23H,9,11H2. The van der Waals surface area contributed by atoms with Crippen LogP contribution in [0.3, 0.4) is 0 Å². The average molecular weight is 448 g/mol. The lowest BCUT2D eigenvalue weighted by Gasteiger charge is -2.09. The summed E-state index contributed by atoms with van der Waals surface area (Å²) in [6.45, 7) is 0.0456. The lowest BCUT2D eigenvalue weighted by Crippen LogP contribution is -2.24. The number of aliphatic hydroxyl groups excluding tert-OH is 1. The molecule has 10 heteroatoms. The predicted molar refractivity (Wildman–Crippen MR) is 104 cm³/mol. The fourth-order valence-electron chi connectivity index (χ4n) is 2.47. The normalized spacial score (nSPS) is 13.6. The van der Waals surface area contributed by atoms with Crippen molar-refractivity contribution in [1.82, 2.24) is 4.72 Å². The summed E-state index contributed by atoms with van der Waals surface area (Å²) >= 11 is 2.77. The Hall–Kier alpha value is -1.72. The Labute approximate surface area is 168 Å². The van der Waals surface area contributed by atoms with E-state index in [4.69, 9.17) is 0 Å². The molecule has 2 heterocycles. The highest BCUT2D eigenvalue weighted by Crippen LogP contribution is 2.30. The van der Waals surface area contributed by atoms with E-state index in [0.29, 0.717) is 4.88 Å². The van der Waals surface area contributed by atoms with E-state index in [0.717, 1.165) is 34.7 Å². The number of alkyl halides is 3. The monoisotopic (exact) mass is 447 g/mol. The molecule has 28 heavy (non-hydrogen) atoms. The maximum absolute atomic E-state index is 12.6. The van der Waals surface area contributed by atoms with Gasteiger partial charge in [-0.1, -0.05) is 12.1 Å². The minimum atomic E-state index is -4.46. The van der Waals surface area contributed by atoms with Gasteiger partial charge in [0, 0.05) is 16.3 Å². The second-order valence-corrected chi connectivity index (χ2v) is 9.82. The Balaban J connectivity index is 1.59. The minimum absolute atomic E-state index is 0.0456. The molecule has 0 saturated carbocycles. The number of thiophene rings is 2. The van der Waals surface area contributed by atoms with Crippen molar-refractivity contribution in [2.24, 2.45) is 0 Å². The van der Waals surface area contributed by atoms with Gasteiger partial charge in [-0.2, -0.15) is 24.5 Å². The quantitative estimate of drug-likeness (QED) is 0.559. The van der Waals surface area contributed by atoms with Gasteiger partial charge in [0.2, 0.25) is 10.0 Å². The summed E-state index contributed by atoms with van der Waals surface area (Å²) in [6.07, 6.45) is -5.21. The Morgan fingerprint density at radius 1 is 1.07 bits per heavy atom. The van der Waals surface area contributed by atoms with Crippen LogP contribution in [0.15, 0.2) is 53.2 Å². The van der Waals surface area contributed by atoms with Gasteiger partial charge in [0.25, 0.3) is 0 Å². The first-order chi connectivity index (χ1) is 13.1. The number of hydrogen-bond donors (Lipinski definition) is 2. The van der Waals surface area contributed by atoms with Gasteiger partial charge in [-0.25, -0.2) is 13.1 Å². The van der Waals surface area contributed by atoms with Crippen molar-refractivity contribution >= 4 is 32.7 Å². The number of aliphatic hydroxyl groups is 1. The average Bonchev–Trinajstić information content (AvgIpc) is 3.31. The molecule has 150 valence electrons. The van der Waals surface area contributed by atoms with Gasteiger partial charge in [-0.15, -0.1) is 11.3 Å². The summed E-state index contributed by atoms with van der Waals surface area (Å²) in [6, 6.07) is 9.33. The molecule has 0 aliphatic heterocycles. The molecule has 0 aliphatic rings. The lowest BCUT2D eigenvalue weighted by molar-refractivity contribution is -0.137. The molecule has 4 nitrogen and oxygen atoms in total. The zero-order valence-electron chi connectivity index (χ0n) is 14.3. The van der Waals surface area contributed by atoms with E-state index in [-0.39, 0.29) is 12.1 Å².